The second-order valence-electron chi connectivity index (χ2n) is 3.65. The Bertz CT molecular complexity index is 725. The molecule has 0 saturated heterocycles. The number of furan rings is 1. The van der Waals surface area contributed by atoms with Gasteiger partial charge >= 0.3 is 5.88 Å². The molecule has 1 amide bonds. The van der Waals surface area contributed by atoms with Gasteiger partial charge in [-0.25, -0.2) is 4.98 Å². The van der Waals surface area contributed by atoms with Gasteiger partial charge in [0, 0.05) is 6.42 Å². The summed E-state index contributed by atoms with van der Waals surface area (Å²) in [6, 6.07) is 2.31. The van der Waals surface area contributed by atoms with Crippen LogP contribution in [0.25, 0.3) is 0 Å². The molecule has 2 heterocycles. The summed E-state index contributed by atoms with van der Waals surface area (Å²) in [6.45, 7) is -0.0212. The van der Waals surface area contributed by atoms with Crippen LogP contribution in [0.2, 0.25) is 0 Å². The molecule has 21 heavy (non-hydrogen) atoms. The highest BCUT2D eigenvalue weighted by molar-refractivity contribution is 7.16. The van der Waals surface area contributed by atoms with Crippen LogP contribution in [0.4, 0.5) is 11.0 Å². The molecule has 2 N–H and O–H groups in total. The predicted octanol–water partition coefficient (Wildman–Crippen LogP) is 1.63. The number of hydrogen-bond donors (Lipinski definition) is 2. The van der Waals surface area contributed by atoms with Crippen molar-refractivity contribution in [2.45, 2.75) is 6.42 Å². The Kier molecular flexibility index (Phi) is 4.65. The summed E-state index contributed by atoms with van der Waals surface area (Å²) in [7, 11) is 0. The average molecular weight is 307 g/mol. The molecule has 0 radical (unpaired) electrons. The molecule has 108 valence electrons. The number of nitrogens with zero attached hydrogens (tertiary/aromatic N) is 2. The van der Waals surface area contributed by atoms with E-state index in [1.807, 2.05) is 0 Å². The molecule has 0 aliphatic heterocycles. The number of aromatic nitrogens is 1. The van der Waals surface area contributed by atoms with Crippen LogP contribution in [-0.2, 0) is 0 Å². The highest BCUT2D eigenvalue weighted by atomic mass is 32.1. The number of hydrogen-bond acceptors (Lipinski definition) is 7. The van der Waals surface area contributed by atoms with Gasteiger partial charge in [-0.3, -0.25) is 20.2 Å². The lowest BCUT2D eigenvalue weighted by Crippen LogP contribution is -2.10. The number of carbonyl (C=O) groups excluding carboxylic acids is 1. The first-order valence-corrected chi connectivity index (χ1v) is 6.53. The van der Waals surface area contributed by atoms with Crippen LogP contribution in [0, 0.1) is 22.0 Å². The fraction of sp³-hybridized carbons (Fsp3) is 0.167. The van der Waals surface area contributed by atoms with Crippen molar-refractivity contribution in [1.82, 2.24) is 4.98 Å². The van der Waals surface area contributed by atoms with Crippen molar-refractivity contribution in [3.05, 3.63) is 39.1 Å². The molecule has 8 nitrogen and oxygen atoms in total. The molecule has 2 aromatic rings. The molecule has 0 spiro atoms. The highest BCUT2D eigenvalue weighted by Crippen LogP contribution is 2.20. The average Bonchev–Trinajstić information content (AvgIpc) is 3.08. The summed E-state index contributed by atoms with van der Waals surface area (Å²) in [6.07, 6.45) is 1.84. The Morgan fingerprint density at radius 1 is 1.57 bits per heavy atom. The van der Waals surface area contributed by atoms with E-state index in [1.54, 1.807) is 0 Å². The van der Waals surface area contributed by atoms with E-state index in [1.165, 1.54) is 12.3 Å². The first-order chi connectivity index (χ1) is 10.1. The van der Waals surface area contributed by atoms with Crippen LogP contribution in [0.15, 0.2) is 22.7 Å². The minimum absolute atomic E-state index is 0.0212. The Morgan fingerprint density at radius 2 is 2.38 bits per heavy atom. The molecule has 0 atom stereocenters. The van der Waals surface area contributed by atoms with E-state index in [4.69, 9.17) is 9.52 Å². The van der Waals surface area contributed by atoms with E-state index >= 15 is 0 Å². The number of thiazole rings is 1. The van der Waals surface area contributed by atoms with Crippen molar-refractivity contribution in [2.24, 2.45) is 0 Å². The second-order valence-corrected chi connectivity index (χ2v) is 4.68. The number of aliphatic hydroxyl groups is 1. The predicted molar refractivity (Wildman–Crippen MR) is 74.0 cm³/mol. The minimum Gasteiger partial charge on any atom is -0.395 e. The summed E-state index contributed by atoms with van der Waals surface area (Å²) in [5.74, 6) is 4.20. The van der Waals surface area contributed by atoms with Crippen molar-refractivity contribution < 1.29 is 19.2 Å². The van der Waals surface area contributed by atoms with Crippen LogP contribution < -0.4 is 5.32 Å². The first kappa shape index (κ1) is 14.7. The lowest BCUT2D eigenvalue weighted by Gasteiger charge is -1.96. The number of amides is 1. The van der Waals surface area contributed by atoms with Gasteiger partial charge in [0.05, 0.1) is 23.7 Å². The molecule has 0 aliphatic carbocycles. The largest absolute Gasteiger partial charge is 0.433 e. The SMILES string of the molecule is O=C(Nc1ncc(C#CCCO)s1)c1ccc([N+](=O)[O-])o1. The maximum Gasteiger partial charge on any atom is 0.433 e. The maximum absolute atomic E-state index is 11.8. The van der Waals surface area contributed by atoms with Crippen molar-refractivity contribution >= 4 is 28.3 Å². The normalized spacial score (nSPS) is 9.76. The highest BCUT2D eigenvalue weighted by Gasteiger charge is 2.18. The topological polar surface area (TPSA) is 119 Å². The van der Waals surface area contributed by atoms with Gasteiger partial charge in [-0.15, -0.1) is 0 Å². The molecule has 0 saturated carbocycles. The van der Waals surface area contributed by atoms with E-state index in [2.05, 4.69) is 22.1 Å². The van der Waals surface area contributed by atoms with Gasteiger partial charge in [0.25, 0.3) is 5.91 Å². The third-order valence-corrected chi connectivity index (χ3v) is 3.00. The smallest absolute Gasteiger partial charge is 0.395 e. The zero-order valence-corrected chi connectivity index (χ0v) is 11.3. The minimum atomic E-state index is -0.727. The lowest BCUT2D eigenvalue weighted by atomic mass is 10.4. The molecular formula is C12H9N3O5S. The van der Waals surface area contributed by atoms with Gasteiger partial charge in [0.15, 0.2) is 10.9 Å². The van der Waals surface area contributed by atoms with E-state index in [-0.39, 0.29) is 12.4 Å². The number of aliphatic hydroxyl groups excluding tert-OH is 1. The van der Waals surface area contributed by atoms with Gasteiger partial charge in [-0.1, -0.05) is 23.2 Å². The summed E-state index contributed by atoms with van der Waals surface area (Å²) < 4.78 is 4.78. The number of rotatable bonds is 4. The molecule has 0 unspecified atom stereocenters. The van der Waals surface area contributed by atoms with Crippen LogP contribution in [0.1, 0.15) is 21.9 Å². The zero-order valence-electron chi connectivity index (χ0n) is 10.5. The molecule has 0 aromatic carbocycles. The van der Waals surface area contributed by atoms with Crippen molar-refractivity contribution in [3.63, 3.8) is 0 Å². The molecular weight excluding hydrogens is 298 g/mol. The lowest BCUT2D eigenvalue weighted by molar-refractivity contribution is -0.402. The van der Waals surface area contributed by atoms with Crippen LogP contribution in [0.3, 0.4) is 0 Å². The van der Waals surface area contributed by atoms with Gasteiger partial charge < -0.3 is 9.52 Å². The second kappa shape index (κ2) is 6.65. The first-order valence-electron chi connectivity index (χ1n) is 5.71. The third kappa shape index (κ3) is 3.88. The van der Waals surface area contributed by atoms with Crippen LogP contribution >= 0.6 is 11.3 Å². The van der Waals surface area contributed by atoms with E-state index < -0.39 is 16.7 Å². The fourth-order valence-corrected chi connectivity index (χ4v) is 1.99. The quantitative estimate of drug-likeness (QED) is 0.503. The van der Waals surface area contributed by atoms with Gasteiger partial charge in [0.2, 0.25) is 0 Å². The number of anilines is 1. The van der Waals surface area contributed by atoms with Gasteiger partial charge in [-0.2, -0.15) is 0 Å². The summed E-state index contributed by atoms with van der Waals surface area (Å²) in [5.41, 5.74) is 0. The molecule has 0 bridgehead atoms. The number of nitro groups is 1. The Morgan fingerprint density at radius 3 is 3.05 bits per heavy atom. The molecule has 0 fully saturated rings. The van der Waals surface area contributed by atoms with Gasteiger partial charge in [0.1, 0.15) is 4.92 Å². The molecule has 9 heteroatoms. The van der Waals surface area contributed by atoms with Crippen LogP contribution in [-0.4, -0.2) is 27.5 Å². The third-order valence-electron chi connectivity index (χ3n) is 2.17. The van der Waals surface area contributed by atoms with Crippen molar-refractivity contribution in [2.75, 3.05) is 11.9 Å². The maximum atomic E-state index is 11.8. The van der Waals surface area contributed by atoms with E-state index in [0.717, 1.165) is 17.4 Å². The summed E-state index contributed by atoms with van der Waals surface area (Å²) >= 11 is 1.15. The standard InChI is InChI=1S/C12H9N3O5S/c16-6-2-1-3-8-7-13-12(21-8)14-11(17)9-4-5-10(20-9)15(18)19/h4-5,7,16H,2,6H2,(H,13,14,17). The molecule has 2 rings (SSSR count). The number of nitrogens with one attached hydrogen (secondary N) is 1. The van der Waals surface area contributed by atoms with Crippen molar-refractivity contribution in [1.29, 1.82) is 0 Å². The van der Waals surface area contributed by atoms with E-state index in [9.17, 15) is 14.9 Å². The molecule has 2 aromatic heterocycles. The fourth-order valence-electron chi connectivity index (χ4n) is 1.30. The van der Waals surface area contributed by atoms with Crippen LogP contribution in [0.5, 0.6) is 0 Å². The van der Waals surface area contributed by atoms with E-state index in [0.29, 0.717) is 16.4 Å². The van der Waals surface area contributed by atoms with Crippen molar-refractivity contribution in [3.8, 4) is 11.8 Å². The Hall–Kier alpha value is -2.70. The van der Waals surface area contributed by atoms with Gasteiger partial charge in [-0.05, 0) is 6.07 Å². The Balaban J connectivity index is 2.02. The Labute approximate surface area is 122 Å². The summed E-state index contributed by atoms with van der Waals surface area (Å²) in [4.78, 5) is 26.1. The number of carbonyl (C=O) groups is 1. The molecule has 0 aliphatic rings. The summed E-state index contributed by atoms with van der Waals surface area (Å²) in [5, 5.41) is 21.8. The monoisotopic (exact) mass is 307 g/mol. The zero-order chi connectivity index (χ0) is 15.2.